The lowest BCUT2D eigenvalue weighted by atomic mass is 10.2. The maximum Gasteiger partial charge on any atom is -0.0346 e. The summed E-state index contributed by atoms with van der Waals surface area (Å²) in [5.41, 5.74) is 1.47. The monoisotopic (exact) mass is 124 g/mol. The van der Waals surface area contributed by atoms with Crippen molar-refractivity contribution < 1.29 is 0 Å². The molecule has 0 saturated heterocycles. The Hall–Kier alpha value is -0.260. The average Bonchev–Trinajstić information content (AvgIpc) is 2.48. The lowest BCUT2D eigenvalue weighted by Gasteiger charge is -1.90. The van der Waals surface area contributed by atoms with Crippen molar-refractivity contribution in [1.29, 1.82) is 0 Å². The molecule has 1 aliphatic carbocycles. The van der Waals surface area contributed by atoms with E-state index in [1.807, 2.05) is 0 Å². The molecule has 0 amide bonds. The van der Waals surface area contributed by atoms with Gasteiger partial charge in [0.1, 0.15) is 0 Å². The summed E-state index contributed by atoms with van der Waals surface area (Å²) in [4.78, 5) is 0. The molecule has 0 radical (unpaired) electrons. The van der Waals surface area contributed by atoms with Gasteiger partial charge < -0.3 is 0 Å². The van der Waals surface area contributed by atoms with E-state index < -0.39 is 0 Å². The van der Waals surface area contributed by atoms with Crippen LogP contribution in [0.5, 0.6) is 0 Å². The predicted octanol–water partition coefficient (Wildman–Crippen LogP) is 3.14. The van der Waals surface area contributed by atoms with Crippen molar-refractivity contribution in [1.82, 2.24) is 0 Å². The number of rotatable bonds is 3. The standard InChI is InChI=1S/C9H16/c1-8(2)4-3-5-9-6-7-9/h4,9H,3,5-7H2,1-2H3. The Balaban J connectivity index is 1.97. The van der Waals surface area contributed by atoms with Crippen molar-refractivity contribution in [2.75, 3.05) is 0 Å². The van der Waals surface area contributed by atoms with Crippen molar-refractivity contribution in [2.24, 2.45) is 5.92 Å². The summed E-state index contributed by atoms with van der Waals surface area (Å²) in [5, 5.41) is 0. The molecule has 0 aromatic rings. The van der Waals surface area contributed by atoms with Gasteiger partial charge in [0.25, 0.3) is 0 Å². The first-order valence-electron chi connectivity index (χ1n) is 3.92. The predicted molar refractivity (Wildman–Crippen MR) is 41.4 cm³/mol. The third-order valence-corrected chi connectivity index (χ3v) is 1.82. The zero-order chi connectivity index (χ0) is 6.69. The van der Waals surface area contributed by atoms with Crippen LogP contribution in [0, 0.1) is 5.92 Å². The molecule has 1 rings (SSSR count). The van der Waals surface area contributed by atoms with Gasteiger partial charge in [0.15, 0.2) is 0 Å². The lowest BCUT2D eigenvalue weighted by Crippen LogP contribution is -1.73. The fraction of sp³-hybridized carbons (Fsp3) is 0.778. The first-order chi connectivity index (χ1) is 4.29. The van der Waals surface area contributed by atoms with Crippen LogP contribution >= 0.6 is 0 Å². The maximum atomic E-state index is 2.35. The Labute approximate surface area is 58.0 Å². The molecule has 0 atom stereocenters. The molecule has 9 heavy (non-hydrogen) atoms. The smallest absolute Gasteiger partial charge is 0.0346 e. The van der Waals surface area contributed by atoms with Crippen LogP contribution in [0.15, 0.2) is 11.6 Å². The zero-order valence-electron chi connectivity index (χ0n) is 6.48. The van der Waals surface area contributed by atoms with Crippen LogP contribution in [0.1, 0.15) is 39.5 Å². The van der Waals surface area contributed by atoms with Crippen LogP contribution in [-0.4, -0.2) is 0 Å². The average molecular weight is 124 g/mol. The molecule has 52 valence electrons. The van der Waals surface area contributed by atoms with Gasteiger partial charge in [-0.25, -0.2) is 0 Å². The molecule has 1 saturated carbocycles. The van der Waals surface area contributed by atoms with Crippen molar-refractivity contribution >= 4 is 0 Å². The summed E-state index contributed by atoms with van der Waals surface area (Å²) < 4.78 is 0. The van der Waals surface area contributed by atoms with E-state index >= 15 is 0 Å². The fourth-order valence-corrected chi connectivity index (χ4v) is 1.01. The molecule has 0 unspecified atom stereocenters. The highest BCUT2D eigenvalue weighted by atomic mass is 14.2. The van der Waals surface area contributed by atoms with Crippen LogP contribution in [0.2, 0.25) is 0 Å². The van der Waals surface area contributed by atoms with Gasteiger partial charge in [-0.2, -0.15) is 0 Å². The second-order valence-corrected chi connectivity index (χ2v) is 3.30. The molecule has 0 aromatic heterocycles. The topological polar surface area (TPSA) is 0 Å². The van der Waals surface area contributed by atoms with E-state index in [9.17, 15) is 0 Å². The summed E-state index contributed by atoms with van der Waals surface area (Å²) in [6.45, 7) is 4.35. The second-order valence-electron chi connectivity index (χ2n) is 3.30. The van der Waals surface area contributed by atoms with Crippen molar-refractivity contribution in [2.45, 2.75) is 39.5 Å². The Morgan fingerprint density at radius 3 is 2.56 bits per heavy atom. The molecule has 0 aliphatic heterocycles. The molecule has 1 fully saturated rings. The molecular formula is C9H16. The highest BCUT2D eigenvalue weighted by Gasteiger charge is 2.19. The summed E-state index contributed by atoms with van der Waals surface area (Å²) in [6, 6.07) is 0. The summed E-state index contributed by atoms with van der Waals surface area (Å²) in [5.74, 6) is 1.10. The van der Waals surface area contributed by atoms with Gasteiger partial charge in [0.05, 0.1) is 0 Å². The minimum absolute atomic E-state index is 1.10. The first-order valence-corrected chi connectivity index (χ1v) is 3.92. The first kappa shape index (κ1) is 6.85. The number of hydrogen-bond donors (Lipinski definition) is 0. The molecule has 0 heterocycles. The Kier molecular flexibility index (Phi) is 2.32. The highest BCUT2D eigenvalue weighted by Crippen LogP contribution is 2.33. The van der Waals surface area contributed by atoms with Crippen LogP contribution in [0.4, 0.5) is 0 Å². The van der Waals surface area contributed by atoms with Gasteiger partial charge in [0, 0.05) is 0 Å². The molecule has 0 N–H and O–H groups in total. The molecule has 0 heteroatoms. The van der Waals surface area contributed by atoms with Crippen molar-refractivity contribution in [3.63, 3.8) is 0 Å². The fourth-order valence-electron chi connectivity index (χ4n) is 1.01. The summed E-state index contributed by atoms with van der Waals surface area (Å²) in [6.07, 6.45) is 8.09. The van der Waals surface area contributed by atoms with E-state index in [2.05, 4.69) is 19.9 Å². The van der Waals surface area contributed by atoms with E-state index in [-0.39, 0.29) is 0 Å². The molecule has 0 spiro atoms. The van der Waals surface area contributed by atoms with Gasteiger partial charge in [-0.15, -0.1) is 0 Å². The number of allylic oxidation sites excluding steroid dienone is 2. The highest BCUT2D eigenvalue weighted by molar-refractivity contribution is 4.93. The molecular weight excluding hydrogens is 108 g/mol. The molecule has 0 bridgehead atoms. The molecule has 1 aliphatic rings. The van der Waals surface area contributed by atoms with Crippen molar-refractivity contribution in [3.05, 3.63) is 11.6 Å². The van der Waals surface area contributed by atoms with Gasteiger partial charge >= 0.3 is 0 Å². The Morgan fingerprint density at radius 1 is 1.44 bits per heavy atom. The van der Waals surface area contributed by atoms with Gasteiger partial charge in [-0.05, 0) is 32.6 Å². The molecule has 0 nitrogen and oxygen atoms in total. The normalized spacial score (nSPS) is 17.6. The largest absolute Gasteiger partial charge is 0.0859 e. The quantitative estimate of drug-likeness (QED) is 0.507. The zero-order valence-corrected chi connectivity index (χ0v) is 6.48. The minimum atomic E-state index is 1.10. The molecule has 0 aromatic carbocycles. The second kappa shape index (κ2) is 3.05. The third-order valence-electron chi connectivity index (χ3n) is 1.82. The lowest BCUT2D eigenvalue weighted by molar-refractivity contribution is 0.739. The van der Waals surface area contributed by atoms with Gasteiger partial charge in [-0.3, -0.25) is 0 Å². The SMILES string of the molecule is CC(C)=CCCC1CC1. The van der Waals surface area contributed by atoms with E-state index in [0.29, 0.717) is 0 Å². The van der Waals surface area contributed by atoms with E-state index in [0.717, 1.165) is 5.92 Å². The van der Waals surface area contributed by atoms with E-state index in [1.165, 1.54) is 31.3 Å². The minimum Gasteiger partial charge on any atom is -0.0859 e. The third kappa shape index (κ3) is 3.34. The summed E-state index contributed by atoms with van der Waals surface area (Å²) >= 11 is 0. The van der Waals surface area contributed by atoms with Crippen LogP contribution in [0.25, 0.3) is 0 Å². The van der Waals surface area contributed by atoms with Crippen LogP contribution in [-0.2, 0) is 0 Å². The van der Waals surface area contributed by atoms with E-state index in [4.69, 9.17) is 0 Å². The maximum absolute atomic E-state index is 2.35. The van der Waals surface area contributed by atoms with E-state index in [1.54, 1.807) is 0 Å². The van der Waals surface area contributed by atoms with Gasteiger partial charge in [-0.1, -0.05) is 24.5 Å². The van der Waals surface area contributed by atoms with Crippen molar-refractivity contribution in [3.8, 4) is 0 Å². The van der Waals surface area contributed by atoms with Crippen LogP contribution < -0.4 is 0 Å². The number of hydrogen-bond acceptors (Lipinski definition) is 0. The van der Waals surface area contributed by atoms with Gasteiger partial charge in [0.2, 0.25) is 0 Å². The Bertz CT molecular complexity index is 103. The Morgan fingerprint density at radius 2 is 2.11 bits per heavy atom. The summed E-state index contributed by atoms with van der Waals surface area (Å²) in [7, 11) is 0. The van der Waals surface area contributed by atoms with Crippen LogP contribution in [0.3, 0.4) is 0 Å².